The van der Waals surface area contributed by atoms with Crippen LogP contribution in [-0.2, 0) is 15.9 Å². The highest BCUT2D eigenvalue weighted by Gasteiger charge is 2.42. The van der Waals surface area contributed by atoms with E-state index in [9.17, 15) is 0 Å². The maximum atomic E-state index is 6.60. The van der Waals surface area contributed by atoms with Gasteiger partial charge in [-0.15, -0.1) is 0 Å². The van der Waals surface area contributed by atoms with Gasteiger partial charge in [-0.05, 0) is 36.3 Å². The van der Waals surface area contributed by atoms with Gasteiger partial charge in [-0.1, -0.05) is 31.2 Å². The summed E-state index contributed by atoms with van der Waals surface area (Å²) in [7, 11) is 0. The summed E-state index contributed by atoms with van der Waals surface area (Å²) < 4.78 is 11.6. The zero-order valence-corrected chi connectivity index (χ0v) is 12.3. The molecule has 3 rings (SSSR count). The average Bonchev–Trinajstić information content (AvgIpc) is 2.94. The Kier molecular flexibility index (Phi) is 4.11. The Balaban J connectivity index is 1.77. The topological polar surface area (TPSA) is 44.5 Å². The lowest BCUT2D eigenvalue weighted by Crippen LogP contribution is -2.43. The second-order valence-electron chi connectivity index (χ2n) is 6.17. The lowest BCUT2D eigenvalue weighted by molar-refractivity contribution is -0.101. The van der Waals surface area contributed by atoms with Crippen molar-refractivity contribution < 1.29 is 9.47 Å². The van der Waals surface area contributed by atoms with Gasteiger partial charge in [0.25, 0.3) is 0 Å². The Morgan fingerprint density at radius 1 is 1.35 bits per heavy atom. The molecule has 110 valence electrons. The SMILES string of the molecule is CCc1ccccc1C(N)C1CCOC2(CCOC2)C1. The average molecular weight is 275 g/mol. The Morgan fingerprint density at radius 3 is 2.95 bits per heavy atom. The summed E-state index contributed by atoms with van der Waals surface area (Å²) in [5.74, 6) is 0.498. The molecule has 20 heavy (non-hydrogen) atoms. The third kappa shape index (κ3) is 2.62. The number of rotatable bonds is 3. The number of benzene rings is 1. The maximum Gasteiger partial charge on any atom is 0.0940 e. The van der Waals surface area contributed by atoms with Gasteiger partial charge in [0.05, 0.1) is 12.2 Å². The highest BCUT2D eigenvalue weighted by molar-refractivity contribution is 5.30. The molecule has 1 aromatic carbocycles. The van der Waals surface area contributed by atoms with Crippen molar-refractivity contribution >= 4 is 0 Å². The standard InChI is InChI=1S/C17H25NO2/c1-2-13-5-3-4-6-15(13)16(18)14-7-9-20-17(11-14)8-10-19-12-17/h3-6,14,16H,2,7-12,18H2,1H3. The fraction of sp³-hybridized carbons (Fsp3) is 0.647. The minimum Gasteiger partial charge on any atom is -0.378 e. The van der Waals surface area contributed by atoms with Gasteiger partial charge in [0.2, 0.25) is 0 Å². The third-order valence-electron chi connectivity index (χ3n) is 4.90. The van der Waals surface area contributed by atoms with Gasteiger partial charge in [-0.2, -0.15) is 0 Å². The van der Waals surface area contributed by atoms with E-state index in [1.54, 1.807) is 0 Å². The van der Waals surface area contributed by atoms with Crippen LogP contribution in [0.2, 0.25) is 0 Å². The van der Waals surface area contributed by atoms with E-state index in [1.807, 2.05) is 0 Å². The number of ether oxygens (including phenoxy) is 2. The molecule has 2 aliphatic heterocycles. The molecule has 0 radical (unpaired) electrons. The van der Waals surface area contributed by atoms with Crippen LogP contribution in [0.15, 0.2) is 24.3 Å². The second-order valence-corrected chi connectivity index (χ2v) is 6.17. The molecular formula is C17H25NO2. The van der Waals surface area contributed by atoms with Crippen molar-refractivity contribution in [1.82, 2.24) is 0 Å². The fourth-order valence-corrected chi connectivity index (χ4v) is 3.67. The molecule has 1 spiro atoms. The Morgan fingerprint density at radius 2 is 2.20 bits per heavy atom. The predicted octanol–water partition coefficient (Wildman–Crippen LogP) is 2.83. The molecule has 2 saturated heterocycles. The monoisotopic (exact) mass is 275 g/mol. The highest BCUT2D eigenvalue weighted by atomic mass is 16.6. The molecule has 3 atom stereocenters. The van der Waals surface area contributed by atoms with Crippen LogP contribution in [0.4, 0.5) is 0 Å². The zero-order chi connectivity index (χ0) is 14.0. The predicted molar refractivity (Wildman–Crippen MR) is 79.6 cm³/mol. The largest absolute Gasteiger partial charge is 0.378 e. The molecule has 2 heterocycles. The molecule has 2 N–H and O–H groups in total. The van der Waals surface area contributed by atoms with Gasteiger partial charge in [-0.3, -0.25) is 0 Å². The van der Waals surface area contributed by atoms with Gasteiger partial charge in [0.1, 0.15) is 0 Å². The molecule has 3 unspecified atom stereocenters. The van der Waals surface area contributed by atoms with Gasteiger partial charge in [-0.25, -0.2) is 0 Å². The minimum absolute atomic E-state index is 0.0539. The van der Waals surface area contributed by atoms with Crippen LogP contribution in [0.3, 0.4) is 0 Å². The number of nitrogens with two attached hydrogens (primary N) is 1. The van der Waals surface area contributed by atoms with Gasteiger partial charge in [0.15, 0.2) is 0 Å². The first kappa shape index (κ1) is 14.1. The van der Waals surface area contributed by atoms with Crippen molar-refractivity contribution in [2.75, 3.05) is 19.8 Å². The zero-order valence-electron chi connectivity index (χ0n) is 12.3. The van der Waals surface area contributed by atoms with E-state index in [4.69, 9.17) is 15.2 Å². The summed E-state index contributed by atoms with van der Waals surface area (Å²) in [5, 5.41) is 0. The number of hydrogen-bond donors (Lipinski definition) is 1. The van der Waals surface area contributed by atoms with Gasteiger partial charge >= 0.3 is 0 Å². The molecule has 0 bridgehead atoms. The Hall–Kier alpha value is -0.900. The van der Waals surface area contributed by atoms with Crippen molar-refractivity contribution in [3.63, 3.8) is 0 Å². The van der Waals surface area contributed by atoms with Crippen LogP contribution in [0, 0.1) is 5.92 Å². The summed E-state index contributed by atoms with van der Waals surface area (Å²) in [6, 6.07) is 8.71. The van der Waals surface area contributed by atoms with E-state index in [0.29, 0.717) is 5.92 Å². The summed E-state index contributed by atoms with van der Waals surface area (Å²) in [4.78, 5) is 0. The van der Waals surface area contributed by atoms with E-state index in [-0.39, 0.29) is 11.6 Å². The highest BCUT2D eigenvalue weighted by Crippen LogP contribution is 2.40. The summed E-state index contributed by atoms with van der Waals surface area (Å²) in [6.07, 6.45) is 4.15. The molecule has 0 saturated carbocycles. The minimum atomic E-state index is -0.0539. The Bertz CT molecular complexity index is 454. The normalized spacial score (nSPS) is 31.6. The Labute approximate surface area is 121 Å². The van der Waals surface area contributed by atoms with E-state index >= 15 is 0 Å². The van der Waals surface area contributed by atoms with E-state index in [1.165, 1.54) is 11.1 Å². The van der Waals surface area contributed by atoms with Crippen molar-refractivity contribution in [3.05, 3.63) is 35.4 Å². The molecule has 1 aromatic rings. The molecule has 3 heteroatoms. The number of hydrogen-bond acceptors (Lipinski definition) is 3. The van der Waals surface area contributed by atoms with E-state index < -0.39 is 0 Å². The van der Waals surface area contributed by atoms with E-state index in [0.717, 1.165) is 45.5 Å². The van der Waals surface area contributed by atoms with Crippen LogP contribution < -0.4 is 5.73 Å². The summed E-state index contributed by atoms with van der Waals surface area (Å²) in [5.41, 5.74) is 9.24. The quantitative estimate of drug-likeness (QED) is 0.922. The van der Waals surface area contributed by atoms with Crippen molar-refractivity contribution in [1.29, 1.82) is 0 Å². The molecule has 2 fully saturated rings. The lowest BCUT2D eigenvalue weighted by atomic mass is 9.78. The molecule has 3 nitrogen and oxygen atoms in total. The van der Waals surface area contributed by atoms with Crippen molar-refractivity contribution in [3.8, 4) is 0 Å². The molecule has 0 amide bonds. The molecule has 2 aliphatic rings. The number of aryl methyl sites for hydroxylation is 1. The lowest BCUT2D eigenvalue weighted by Gasteiger charge is -2.39. The fourth-order valence-electron chi connectivity index (χ4n) is 3.67. The van der Waals surface area contributed by atoms with Crippen LogP contribution in [-0.4, -0.2) is 25.4 Å². The molecular weight excluding hydrogens is 250 g/mol. The maximum absolute atomic E-state index is 6.60. The first-order chi connectivity index (χ1) is 9.74. The molecule has 0 aliphatic carbocycles. The van der Waals surface area contributed by atoms with Crippen LogP contribution in [0.5, 0.6) is 0 Å². The molecule has 0 aromatic heterocycles. The van der Waals surface area contributed by atoms with Crippen LogP contribution in [0.25, 0.3) is 0 Å². The first-order valence-electron chi connectivity index (χ1n) is 7.79. The van der Waals surface area contributed by atoms with E-state index in [2.05, 4.69) is 31.2 Å². The second kappa shape index (κ2) is 5.84. The first-order valence-corrected chi connectivity index (χ1v) is 7.79. The summed E-state index contributed by atoms with van der Waals surface area (Å²) in [6.45, 7) is 4.58. The van der Waals surface area contributed by atoms with Gasteiger partial charge < -0.3 is 15.2 Å². The van der Waals surface area contributed by atoms with Crippen LogP contribution >= 0.6 is 0 Å². The third-order valence-corrected chi connectivity index (χ3v) is 4.90. The smallest absolute Gasteiger partial charge is 0.0940 e. The van der Waals surface area contributed by atoms with Crippen molar-refractivity contribution in [2.24, 2.45) is 11.7 Å². The summed E-state index contributed by atoms with van der Waals surface area (Å²) >= 11 is 0. The van der Waals surface area contributed by atoms with Gasteiger partial charge in [0, 0.05) is 25.7 Å². The van der Waals surface area contributed by atoms with Crippen LogP contribution in [0.1, 0.15) is 43.4 Å². The van der Waals surface area contributed by atoms with Crippen molar-refractivity contribution in [2.45, 2.75) is 44.2 Å².